The molecule has 1 N–H and O–H groups in total. The molecule has 0 radical (unpaired) electrons. The maximum absolute atomic E-state index is 12.7. The highest BCUT2D eigenvalue weighted by Crippen LogP contribution is 2.29. The van der Waals surface area contributed by atoms with E-state index in [-0.39, 0.29) is 30.7 Å². The average molecular weight is 506 g/mol. The molecule has 1 aliphatic rings. The lowest BCUT2D eigenvalue weighted by atomic mass is 9.96. The number of nitrogens with one attached hydrogen (secondary N) is 1. The van der Waals surface area contributed by atoms with Crippen molar-refractivity contribution in [3.63, 3.8) is 0 Å². The van der Waals surface area contributed by atoms with Crippen molar-refractivity contribution in [3.05, 3.63) is 101 Å². The third-order valence-corrected chi connectivity index (χ3v) is 6.37. The van der Waals surface area contributed by atoms with E-state index >= 15 is 0 Å². The maximum atomic E-state index is 12.7. The van der Waals surface area contributed by atoms with Gasteiger partial charge in [0, 0.05) is 36.8 Å². The lowest BCUT2D eigenvalue weighted by Crippen LogP contribution is -2.50. The van der Waals surface area contributed by atoms with E-state index in [0.717, 1.165) is 13.1 Å². The average Bonchev–Trinajstić information content (AvgIpc) is 2.91. The monoisotopic (exact) mass is 505 g/mol. The van der Waals surface area contributed by atoms with Gasteiger partial charge >= 0.3 is 0 Å². The van der Waals surface area contributed by atoms with Crippen molar-refractivity contribution in [3.8, 4) is 0 Å². The molecule has 0 atom stereocenters. The minimum Gasteiger partial charge on any atom is -0.362 e. The van der Waals surface area contributed by atoms with Crippen molar-refractivity contribution in [2.24, 2.45) is 0 Å². The van der Waals surface area contributed by atoms with Gasteiger partial charge in [-0.15, -0.1) is 0 Å². The van der Waals surface area contributed by atoms with Gasteiger partial charge in [-0.2, -0.15) is 0 Å². The Bertz CT molecular complexity index is 1140. The fourth-order valence-electron chi connectivity index (χ4n) is 4.37. The molecule has 3 aromatic carbocycles. The van der Waals surface area contributed by atoms with Crippen LogP contribution in [0.2, 0.25) is 5.02 Å². The molecule has 36 heavy (non-hydrogen) atoms. The molecule has 0 aromatic heterocycles. The smallest absolute Gasteiger partial charge is 0.250 e. The van der Waals surface area contributed by atoms with E-state index in [4.69, 9.17) is 16.3 Å². The predicted molar refractivity (Wildman–Crippen MR) is 139 cm³/mol. The van der Waals surface area contributed by atoms with Gasteiger partial charge in [0.05, 0.1) is 11.7 Å². The summed E-state index contributed by atoms with van der Waals surface area (Å²) in [6.45, 7) is 2.14. The molecular weight excluding hydrogens is 478 g/mol. The van der Waals surface area contributed by atoms with E-state index in [2.05, 4.69) is 34.5 Å². The number of anilines is 1. The summed E-state index contributed by atoms with van der Waals surface area (Å²) in [5, 5.41) is 3.00. The lowest BCUT2D eigenvalue weighted by molar-refractivity contribution is -0.139. The number of halogens is 1. The summed E-state index contributed by atoms with van der Waals surface area (Å²) >= 11 is 5.87. The summed E-state index contributed by atoms with van der Waals surface area (Å²) in [5.41, 5.74) is 3.05. The Kier molecular flexibility index (Phi) is 8.84. The molecule has 0 saturated carbocycles. The molecule has 1 heterocycles. The highest BCUT2D eigenvalue weighted by Gasteiger charge is 2.28. The van der Waals surface area contributed by atoms with Crippen molar-refractivity contribution < 1.29 is 19.1 Å². The molecule has 8 heteroatoms. The fraction of sp³-hybridized carbons (Fsp3) is 0.250. The van der Waals surface area contributed by atoms with Gasteiger partial charge in [-0.25, -0.2) is 0 Å². The highest BCUT2D eigenvalue weighted by atomic mass is 35.5. The Morgan fingerprint density at radius 3 is 2.08 bits per heavy atom. The largest absolute Gasteiger partial charge is 0.362 e. The van der Waals surface area contributed by atoms with Gasteiger partial charge in [0.2, 0.25) is 11.8 Å². The van der Waals surface area contributed by atoms with Crippen LogP contribution in [0.15, 0.2) is 78.9 Å². The predicted octanol–water partition coefficient (Wildman–Crippen LogP) is 4.04. The number of rotatable bonds is 9. The first-order valence-electron chi connectivity index (χ1n) is 11.8. The molecule has 3 aromatic rings. The number of aldehydes is 1. The first-order chi connectivity index (χ1) is 17.5. The molecule has 1 aliphatic heterocycles. The van der Waals surface area contributed by atoms with Crippen LogP contribution >= 0.6 is 11.6 Å². The van der Waals surface area contributed by atoms with Crippen molar-refractivity contribution in [1.82, 2.24) is 9.80 Å². The van der Waals surface area contributed by atoms with Gasteiger partial charge in [0.25, 0.3) is 0 Å². The van der Waals surface area contributed by atoms with E-state index in [1.807, 2.05) is 36.4 Å². The van der Waals surface area contributed by atoms with E-state index in [9.17, 15) is 14.4 Å². The Labute approximate surface area is 215 Å². The molecule has 2 amide bonds. The van der Waals surface area contributed by atoms with Crippen LogP contribution in [0.25, 0.3) is 0 Å². The quantitative estimate of drug-likeness (QED) is 0.444. The summed E-state index contributed by atoms with van der Waals surface area (Å²) in [4.78, 5) is 40.2. The van der Waals surface area contributed by atoms with E-state index in [1.165, 1.54) is 17.2 Å². The minimum atomic E-state index is -0.452. The molecule has 0 spiro atoms. The molecule has 7 nitrogen and oxygen atoms in total. The Morgan fingerprint density at radius 1 is 0.889 bits per heavy atom. The Balaban J connectivity index is 1.27. The van der Waals surface area contributed by atoms with Gasteiger partial charge in [0.15, 0.2) is 6.29 Å². The summed E-state index contributed by atoms with van der Waals surface area (Å²) in [7, 11) is 0. The van der Waals surface area contributed by atoms with E-state index < -0.39 is 5.91 Å². The normalized spacial score (nSPS) is 14.0. The third kappa shape index (κ3) is 6.57. The van der Waals surface area contributed by atoms with Gasteiger partial charge in [-0.3, -0.25) is 19.3 Å². The zero-order valence-electron chi connectivity index (χ0n) is 19.8. The van der Waals surface area contributed by atoms with Crippen LogP contribution in [-0.2, 0) is 14.3 Å². The van der Waals surface area contributed by atoms with Gasteiger partial charge in [-0.1, -0.05) is 72.3 Å². The van der Waals surface area contributed by atoms with Crippen molar-refractivity contribution in [2.75, 3.05) is 44.7 Å². The minimum absolute atomic E-state index is 0.119. The van der Waals surface area contributed by atoms with Crippen molar-refractivity contribution in [1.29, 1.82) is 0 Å². The second-order valence-corrected chi connectivity index (χ2v) is 8.97. The number of carbonyl (C=O) groups is 3. The van der Waals surface area contributed by atoms with Crippen LogP contribution in [0.5, 0.6) is 0 Å². The van der Waals surface area contributed by atoms with Crippen LogP contribution in [0.4, 0.5) is 5.69 Å². The van der Waals surface area contributed by atoms with Crippen LogP contribution in [-0.4, -0.2) is 67.3 Å². The standard InChI is InChI=1S/C28H28ClN3O4/c29-24-11-12-25(23(17-24)18-33)30-26(34)19-36-20-27(35)31-13-15-32(16-14-31)28(21-7-3-1-4-8-21)22-9-5-2-6-10-22/h1-12,17-18,28H,13-16,19-20H2,(H,30,34). The Morgan fingerprint density at radius 2 is 1.50 bits per heavy atom. The SMILES string of the molecule is O=Cc1cc(Cl)ccc1NC(=O)COCC(=O)N1CCN(C(c2ccccc2)c2ccccc2)CC1. The number of benzene rings is 3. The van der Waals surface area contributed by atoms with Crippen molar-refractivity contribution in [2.45, 2.75) is 6.04 Å². The number of piperazine rings is 1. The maximum Gasteiger partial charge on any atom is 0.250 e. The van der Waals surface area contributed by atoms with Gasteiger partial charge < -0.3 is 15.0 Å². The molecule has 1 fully saturated rings. The molecule has 0 bridgehead atoms. The van der Waals surface area contributed by atoms with Gasteiger partial charge in [0.1, 0.15) is 13.2 Å². The summed E-state index contributed by atoms with van der Waals surface area (Å²) in [6, 6.07) is 25.5. The number of nitrogens with zero attached hydrogens (tertiary/aromatic N) is 2. The lowest BCUT2D eigenvalue weighted by Gasteiger charge is -2.39. The summed E-state index contributed by atoms with van der Waals surface area (Å²) in [5.74, 6) is -0.606. The van der Waals surface area contributed by atoms with Crippen LogP contribution in [0, 0.1) is 0 Å². The fourth-order valence-corrected chi connectivity index (χ4v) is 4.55. The van der Waals surface area contributed by atoms with Gasteiger partial charge in [-0.05, 0) is 29.3 Å². The molecular formula is C28H28ClN3O4. The summed E-state index contributed by atoms with van der Waals surface area (Å²) < 4.78 is 5.36. The number of hydrogen-bond donors (Lipinski definition) is 1. The molecule has 4 rings (SSSR count). The van der Waals surface area contributed by atoms with Crippen LogP contribution in [0.1, 0.15) is 27.5 Å². The first-order valence-corrected chi connectivity index (χ1v) is 12.2. The molecule has 0 unspecified atom stereocenters. The summed E-state index contributed by atoms with van der Waals surface area (Å²) in [6.07, 6.45) is 0.617. The zero-order chi connectivity index (χ0) is 25.3. The van der Waals surface area contributed by atoms with Crippen LogP contribution < -0.4 is 5.32 Å². The van der Waals surface area contributed by atoms with E-state index in [0.29, 0.717) is 30.1 Å². The first kappa shape index (κ1) is 25.6. The second kappa shape index (κ2) is 12.4. The zero-order valence-corrected chi connectivity index (χ0v) is 20.6. The number of carbonyl (C=O) groups excluding carboxylic acids is 3. The van der Waals surface area contributed by atoms with E-state index in [1.54, 1.807) is 17.0 Å². The third-order valence-electron chi connectivity index (χ3n) is 6.14. The van der Waals surface area contributed by atoms with Crippen molar-refractivity contribution >= 4 is 35.4 Å². The number of ether oxygens (including phenoxy) is 1. The Hall–Kier alpha value is -3.52. The highest BCUT2D eigenvalue weighted by molar-refractivity contribution is 6.31. The second-order valence-electron chi connectivity index (χ2n) is 8.53. The molecule has 0 aliphatic carbocycles. The topological polar surface area (TPSA) is 78.9 Å². The molecule has 186 valence electrons. The number of amides is 2. The molecule has 1 saturated heterocycles. The number of hydrogen-bond acceptors (Lipinski definition) is 5. The van der Waals surface area contributed by atoms with Crippen LogP contribution in [0.3, 0.4) is 0 Å².